The largest absolute Gasteiger partial charge is 0.388 e. The second-order valence-electron chi connectivity index (χ2n) is 2.57. The smallest absolute Gasteiger partial charge is 0.160 e. The Morgan fingerprint density at radius 1 is 1.75 bits per heavy atom. The Morgan fingerprint density at radius 2 is 2.75 bits per heavy atom. The fraction of sp³-hybridized carbons (Fsp3) is 0.714. The summed E-state index contributed by atoms with van der Waals surface area (Å²) >= 11 is 0. The summed E-state index contributed by atoms with van der Waals surface area (Å²) in [5.74, 6) is 0.752. The number of allylic oxidation sites excluding steroid dienone is 2. The first-order chi connectivity index (χ1) is 4.38. The Hall–Kier alpha value is -0.460. The van der Waals surface area contributed by atoms with Gasteiger partial charge in [-0.05, 0) is 19.3 Å². The van der Waals surface area contributed by atoms with Gasteiger partial charge in [-0.3, -0.25) is 0 Å². The van der Waals surface area contributed by atoms with Crippen molar-refractivity contribution in [1.29, 1.82) is 0 Å². The van der Waals surface area contributed by atoms with Gasteiger partial charge in [-0.25, -0.2) is 0 Å². The summed E-state index contributed by atoms with van der Waals surface area (Å²) in [6.07, 6.45) is 5.93. The molecular weight excluding hydrogens is 98.1 g/mol. The Kier molecular flexibility index (Phi) is 0.668. The van der Waals surface area contributed by atoms with Crippen molar-refractivity contribution in [2.24, 2.45) is 5.92 Å². The van der Waals surface area contributed by atoms with E-state index in [-0.39, 0.29) is 0 Å². The summed E-state index contributed by atoms with van der Waals surface area (Å²) < 4.78 is 7.42. The third kappa shape index (κ3) is 0.473. The highest BCUT2D eigenvalue weighted by atomic mass is 14.9. The third-order valence-electron chi connectivity index (χ3n) is 2.06. The summed E-state index contributed by atoms with van der Waals surface area (Å²) in [5, 5.41) is 1.65. The van der Waals surface area contributed by atoms with Crippen molar-refractivity contribution in [2.45, 2.75) is 19.3 Å². The fourth-order valence-electron chi connectivity index (χ4n) is 1.58. The van der Waals surface area contributed by atoms with Gasteiger partial charge in [0.1, 0.15) is 0 Å². The van der Waals surface area contributed by atoms with Gasteiger partial charge >= 0.3 is 0 Å². The molecule has 0 aromatic rings. The average Bonchev–Trinajstić information content (AvgIpc) is 2.35. The van der Waals surface area contributed by atoms with Gasteiger partial charge in [-0.2, -0.15) is 0 Å². The quantitative estimate of drug-likeness (QED) is 0.495. The molecule has 44 valence electrons. The van der Waals surface area contributed by atoms with Crippen LogP contribution in [0.25, 0.3) is 0 Å². The van der Waals surface area contributed by atoms with E-state index in [2.05, 4.69) is 6.08 Å². The third-order valence-corrected chi connectivity index (χ3v) is 2.06. The molecule has 8 heavy (non-hydrogen) atoms. The molecule has 0 spiro atoms. The number of rotatable bonds is 0. The highest BCUT2D eigenvalue weighted by molar-refractivity contribution is 5.14. The van der Waals surface area contributed by atoms with Gasteiger partial charge in [0.2, 0.25) is 0 Å². The van der Waals surface area contributed by atoms with E-state index in [4.69, 9.17) is 1.41 Å². The van der Waals surface area contributed by atoms with Gasteiger partial charge in [0.05, 0.1) is 0 Å². The molecule has 0 radical (unpaired) electrons. The summed E-state index contributed by atoms with van der Waals surface area (Å²) in [6, 6.07) is 0. The molecular formula is C7H11N. The Morgan fingerprint density at radius 3 is 3.62 bits per heavy atom. The molecule has 0 aromatic carbocycles. The van der Waals surface area contributed by atoms with Crippen LogP contribution >= 0.6 is 0 Å². The zero-order valence-electron chi connectivity index (χ0n) is 5.93. The monoisotopic (exact) mass is 110 g/mol. The fourth-order valence-corrected chi connectivity index (χ4v) is 1.58. The predicted octanol–water partition coefficient (Wildman–Crippen LogP) is 1.27. The predicted molar refractivity (Wildman–Crippen MR) is 33.4 cm³/mol. The molecule has 0 aromatic heterocycles. The van der Waals surface area contributed by atoms with Crippen molar-refractivity contribution in [1.82, 2.24) is 5.31 Å². The van der Waals surface area contributed by atoms with Crippen molar-refractivity contribution in [2.75, 3.05) is 6.54 Å². The summed E-state index contributed by atoms with van der Waals surface area (Å²) in [6.45, 7) is 0.955. The molecule has 0 bridgehead atoms. The number of fused-ring (bicyclic) bond motifs is 1. The van der Waals surface area contributed by atoms with Crippen LogP contribution in [0.15, 0.2) is 11.8 Å². The highest BCUT2D eigenvalue weighted by Gasteiger charge is 2.22. The summed E-state index contributed by atoms with van der Waals surface area (Å²) in [4.78, 5) is 0. The minimum atomic E-state index is 0.752. The lowest BCUT2D eigenvalue weighted by Crippen LogP contribution is -2.03. The van der Waals surface area contributed by atoms with E-state index in [9.17, 15) is 0 Å². The first-order valence-electron chi connectivity index (χ1n) is 3.79. The Labute approximate surface area is 51.2 Å². The number of nitrogens with one attached hydrogen (secondary N) is 1. The molecule has 1 heterocycles. The number of hydrogen-bond donors (Lipinski definition) is 1. The second-order valence-corrected chi connectivity index (χ2v) is 2.57. The lowest BCUT2D eigenvalue weighted by atomic mass is 10.1. The van der Waals surface area contributed by atoms with Gasteiger partial charge in [0.25, 0.3) is 0 Å². The first kappa shape index (κ1) is 3.54. The topological polar surface area (TPSA) is 12.0 Å². The molecule has 2 aliphatic rings. The van der Waals surface area contributed by atoms with E-state index in [0.29, 0.717) is 0 Å². The minimum absolute atomic E-state index is 0.752. The molecule has 1 heteroatoms. The zero-order valence-corrected chi connectivity index (χ0v) is 4.93. The summed E-state index contributed by atoms with van der Waals surface area (Å²) in [7, 11) is 0. The van der Waals surface area contributed by atoms with E-state index in [1.165, 1.54) is 25.0 Å². The molecule has 1 fully saturated rings. The number of hydrogen-bond acceptors (Lipinski definition) is 1. The van der Waals surface area contributed by atoms with Crippen LogP contribution in [0.5, 0.6) is 0 Å². The average molecular weight is 110 g/mol. The molecule has 1 saturated heterocycles. The van der Waals surface area contributed by atoms with Crippen LogP contribution in [0, 0.1) is 5.92 Å². The maximum atomic E-state index is 7.42. The maximum absolute atomic E-state index is 7.42. The van der Waals surface area contributed by atoms with Gasteiger partial charge < -0.3 is 5.31 Å². The van der Waals surface area contributed by atoms with E-state index in [0.717, 1.165) is 12.5 Å². The van der Waals surface area contributed by atoms with Crippen LogP contribution in [-0.2, 0) is 0 Å². The first-order valence-corrected chi connectivity index (χ1v) is 3.34. The maximum Gasteiger partial charge on any atom is 0.160 e. The lowest BCUT2D eigenvalue weighted by molar-refractivity contribution is 0.625. The molecule has 1 unspecified atom stereocenters. The summed E-state index contributed by atoms with van der Waals surface area (Å²) in [5.41, 5.74) is 1.29. The van der Waals surface area contributed by atoms with Gasteiger partial charge in [-0.1, -0.05) is 6.08 Å². The highest BCUT2D eigenvalue weighted by Crippen LogP contribution is 2.29. The molecule has 2 rings (SSSR count). The standard InChI is InChI=1S/C7H11N/c1-2-6-4-5-8-7(6)3-1/h3,6,8H,1-2,4-5H2/i/hD. The molecule has 1 nitrogen and oxygen atoms in total. The van der Waals surface area contributed by atoms with Crippen LogP contribution < -0.4 is 5.31 Å². The Balaban J connectivity index is 2.22. The molecule has 1 atom stereocenters. The minimum Gasteiger partial charge on any atom is -0.388 e. The van der Waals surface area contributed by atoms with Gasteiger partial charge in [0.15, 0.2) is 1.41 Å². The van der Waals surface area contributed by atoms with Crippen LogP contribution in [0.2, 0.25) is 1.41 Å². The van der Waals surface area contributed by atoms with Gasteiger partial charge in [-0.15, -0.1) is 0 Å². The second kappa shape index (κ2) is 1.51. The molecule has 1 aliphatic carbocycles. The Bertz CT molecular complexity index is 153. The molecule has 1 aliphatic heterocycles. The van der Waals surface area contributed by atoms with E-state index in [1.54, 1.807) is 5.31 Å². The van der Waals surface area contributed by atoms with E-state index >= 15 is 0 Å². The SMILES string of the molecule is [2H]N1CCC2CCC=C21. The van der Waals surface area contributed by atoms with Crippen molar-refractivity contribution >= 4 is 0 Å². The van der Waals surface area contributed by atoms with Crippen molar-refractivity contribution in [3.8, 4) is 0 Å². The molecule has 1 N–H and O–H groups in total. The van der Waals surface area contributed by atoms with Crippen LogP contribution in [0.3, 0.4) is 0 Å². The normalized spacial score (nSPS) is 37.0. The van der Waals surface area contributed by atoms with E-state index < -0.39 is 0 Å². The molecule has 0 amide bonds. The van der Waals surface area contributed by atoms with Crippen molar-refractivity contribution in [3.05, 3.63) is 11.8 Å². The lowest BCUT2D eigenvalue weighted by Gasteiger charge is -1.98. The van der Waals surface area contributed by atoms with E-state index in [1.807, 2.05) is 0 Å². The van der Waals surface area contributed by atoms with Gasteiger partial charge in [0, 0.05) is 18.2 Å². The van der Waals surface area contributed by atoms with Crippen LogP contribution in [0.4, 0.5) is 0 Å². The molecule has 0 saturated carbocycles. The van der Waals surface area contributed by atoms with Crippen molar-refractivity contribution in [3.63, 3.8) is 0 Å². The van der Waals surface area contributed by atoms with Crippen molar-refractivity contribution < 1.29 is 1.41 Å². The van der Waals surface area contributed by atoms with Crippen LogP contribution in [-0.4, -0.2) is 6.54 Å². The van der Waals surface area contributed by atoms with Crippen LogP contribution in [0.1, 0.15) is 19.3 Å². The zero-order chi connectivity index (χ0) is 6.27.